The Kier molecular flexibility index (Phi) is 9.87. The number of amides is 4. The maximum Gasteiger partial charge on any atom is 0.272 e. The fourth-order valence-corrected chi connectivity index (χ4v) is 6.56. The third kappa shape index (κ3) is 6.49. The van der Waals surface area contributed by atoms with Crippen molar-refractivity contribution in [2.24, 2.45) is 0 Å². The van der Waals surface area contributed by atoms with Crippen LogP contribution in [0.15, 0.2) is 37.8 Å². The first-order valence-corrected chi connectivity index (χ1v) is 15.5. The van der Waals surface area contributed by atoms with Gasteiger partial charge >= 0.3 is 0 Å². The van der Waals surface area contributed by atoms with Crippen LogP contribution in [0, 0.1) is 0 Å². The van der Waals surface area contributed by atoms with Gasteiger partial charge in [-0.2, -0.15) is 5.10 Å². The van der Waals surface area contributed by atoms with E-state index < -0.39 is 67.2 Å². The Morgan fingerprint density at radius 1 is 1.02 bits per heavy atom. The van der Waals surface area contributed by atoms with Crippen molar-refractivity contribution >= 4 is 58.3 Å². The van der Waals surface area contributed by atoms with Gasteiger partial charge in [0.05, 0.1) is 36.9 Å². The Balaban J connectivity index is 1.40. The smallest absolute Gasteiger partial charge is 0.272 e. The molecule has 2 aliphatic rings. The lowest BCUT2D eigenvalue weighted by atomic mass is 10.1. The molecule has 0 spiro atoms. The molecule has 49 heavy (non-hydrogen) atoms. The van der Waals surface area contributed by atoms with E-state index in [1.807, 2.05) is 0 Å². The molecule has 5 unspecified atom stereocenters. The Morgan fingerprint density at radius 3 is 2.37 bits per heavy atom. The van der Waals surface area contributed by atoms with Gasteiger partial charge in [-0.25, -0.2) is 8.78 Å². The molecule has 14 nitrogen and oxygen atoms in total. The van der Waals surface area contributed by atoms with E-state index in [1.165, 1.54) is 67.0 Å². The van der Waals surface area contributed by atoms with E-state index in [1.54, 1.807) is 0 Å². The minimum absolute atomic E-state index is 0.107. The third-order valence-electron chi connectivity index (χ3n) is 8.91. The maximum atomic E-state index is 15.7. The second-order valence-corrected chi connectivity index (χ2v) is 12.0. The van der Waals surface area contributed by atoms with Crippen molar-refractivity contribution in [1.82, 2.24) is 39.8 Å². The monoisotopic (exact) mass is 678 g/mol. The number of alkyl halides is 2. The second-order valence-electron chi connectivity index (χ2n) is 12.0. The first-order chi connectivity index (χ1) is 23.3. The van der Waals surface area contributed by atoms with Crippen molar-refractivity contribution in [3.63, 3.8) is 0 Å². The van der Waals surface area contributed by atoms with E-state index >= 15 is 4.39 Å². The number of nitrogens with zero attached hydrogens (tertiary/aromatic N) is 6. The third-order valence-corrected chi connectivity index (χ3v) is 8.91. The van der Waals surface area contributed by atoms with Crippen LogP contribution in [0.2, 0.25) is 0 Å². The summed E-state index contributed by atoms with van der Waals surface area (Å²) in [4.78, 5) is 84.0. The summed E-state index contributed by atoms with van der Waals surface area (Å²) in [5.74, 6) is -3.48. The quantitative estimate of drug-likeness (QED) is 0.287. The molecule has 0 radical (unpaired) electrons. The van der Waals surface area contributed by atoms with Crippen LogP contribution in [0.5, 0.6) is 0 Å². The van der Waals surface area contributed by atoms with Crippen molar-refractivity contribution in [3.8, 4) is 0 Å². The molecule has 2 N–H and O–H groups in total. The van der Waals surface area contributed by atoms with Crippen molar-refractivity contribution < 1.29 is 37.5 Å². The van der Waals surface area contributed by atoms with E-state index in [-0.39, 0.29) is 47.7 Å². The number of aromatic nitrogens is 4. The number of hydrogen-bond donors (Lipinski definition) is 2. The number of nitrogens with one attached hydrogen (secondary N) is 2. The molecule has 0 saturated carbocycles. The van der Waals surface area contributed by atoms with Crippen LogP contribution in [-0.2, 0) is 32.3 Å². The number of Topliss-reactive ketones (excluding diaryl/α,β-unsaturated/α-hetero) is 2. The lowest BCUT2D eigenvalue weighted by molar-refractivity contribution is -0.139. The fraction of sp³-hybridized carbons (Fsp3) is 0.394. The van der Waals surface area contributed by atoms with E-state index in [4.69, 9.17) is 0 Å². The van der Waals surface area contributed by atoms with Crippen molar-refractivity contribution in [2.45, 2.75) is 63.8 Å². The van der Waals surface area contributed by atoms with Crippen LogP contribution in [0.3, 0.4) is 0 Å². The molecule has 16 heteroatoms. The van der Waals surface area contributed by atoms with Crippen LogP contribution in [-0.4, -0.2) is 115 Å². The Morgan fingerprint density at radius 2 is 1.73 bits per heavy atom. The molecule has 4 amide bonds. The molecule has 2 fully saturated rings. The summed E-state index contributed by atoms with van der Waals surface area (Å²) in [6.45, 7) is 8.56. The number of likely N-dealkylation sites (N-methyl/N-ethyl adjacent to an activating group) is 1. The van der Waals surface area contributed by atoms with Gasteiger partial charge in [0.2, 0.25) is 17.7 Å². The Bertz CT molecular complexity index is 1890. The summed E-state index contributed by atoms with van der Waals surface area (Å²) in [6, 6.07) is -2.38. The first-order valence-electron chi connectivity index (χ1n) is 15.5. The van der Waals surface area contributed by atoms with Gasteiger partial charge in [-0.05, 0) is 26.0 Å². The zero-order valence-electron chi connectivity index (χ0n) is 27.2. The minimum atomic E-state index is -1.86. The lowest BCUT2D eigenvalue weighted by Gasteiger charge is -2.27. The summed E-state index contributed by atoms with van der Waals surface area (Å²) in [7, 11) is 1.31. The summed E-state index contributed by atoms with van der Waals surface area (Å²) in [5.41, 5.74) is 1.29. The number of pyridine rings is 1. The SMILES string of the molecule is C=Cc1c(C(C)=O)cn(CC(=O)N2CC(F)C(NC(=O)c3nn(CC(=O)N4CC(F)CC4C(C)=O)c4cnccc34)C2C(=O)NC)c1C=C. The number of fused-ring (bicyclic) bond motifs is 1. The predicted octanol–water partition coefficient (Wildman–Crippen LogP) is 1.34. The zero-order valence-corrected chi connectivity index (χ0v) is 27.2. The molecular weight excluding hydrogens is 642 g/mol. The number of carbonyl (C=O) groups excluding carboxylic acids is 6. The standard InChI is InChI=1S/C33H36F2N8O6/c1-6-20-22(17(3)44)13-40(24(20)7-2)15-27(46)42-14-23(35)30(31(42)33(49)36-5)38-32(48)29-21-8-9-37-11-26(21)43(39-29)16-28(47)41-12-19(34)10-25(41)18(4)45/h6-9,11,13,19,23,25,30-31H,1-2,10,12,14-16H2,3-5H3,(H,36,49)(H,38,48). The summed E-state index contributed by atoms with van der Waals surface area (Å²) < 4.78 is 32.5. The summed E-state index contributed by atoms with van der Waals surface area (Å²) in [6.07, 6.45) is 3.82. The number of hydrogen-bond acceptors (Lipinski definition) is 8. The number of halogens is 2. The van der Waals surface area contributed by atoms with Gasteiger partial charge in [0.15, 0.2) is 17.3 Å². The number of ketones is 2. The van der Waals surface area contributed by atoms with Crippen molar-refractivity contribution in [1.29, 1.82) is 0 Å². The van der Waals surface area contributed by atoms with E-state index in [2.05, 4.69) is 33.9 Å². The van der Waals surface area contributed by atoms with Crippen LogP contribution in [0.4, 0.5) is 8.78 Å². The van der Waals surface area contributed by atoms with Crippen LogP contribution in [0.1, 0.15) is 52.4 Å². The molecule has 2 saturated heterocycles. The highest BCUT2D eigenvalue weighted by molar-refractivity contribution is 6.05. The molecule has 5 heterocycles. The first kappa shape index (κ1) is 34.8. The zero-order chi connectivity index (χ0) is 35.7. The molecule has 2 aliphatic heterocycles. The molecule has 3 aromatic rings. The van der Waals surface area contributed by atoms with Gasteiger partial charge < -0.3 is 25.0 Å². The van der Waals surface area contributed by atoms with Gasteiger partial charge in [-0.15, -0.1) is 0 Å². The summed E-state index contributed by atoms with van der Waals surface area (Å²) >= 11 is 0. The van der Waals surface area contributed by atoms with Gasteiger partial charge in [0, 0.05) is 48.1 Å². The molecule has 5 rings (SSSR count). The fourth-order valence-electron chi connectivity index (χ4n) is 6.56. The normalized spacial score (nSPS) is 21.9. The van der Waals surface area contributed by atoms with Gasteiger partial charge in [0.25, 0.3) is 5.91 Å². The molecule has 3 aromatic heterocycles. The van der Waals surface area contributed by atoms with Crippen molar-refractivity contribution in [2.75, 3.05) is 20.1 Å². The highest BCUT2D eigenvalue weighted by atomic mass is 19.1. The summed E-state index contributed by atoms with van der Waals surface area (Å²) in [5, 5.41) is 9.50. The van der Waals surface area contributed by atoms with E-state index in [0.29, 0.717) is 16.8 Å². The number of carbonyl (C=O) groups is 6. The largest absolute Gasteiger partial charge is 0.357 e. The molecule has 5 atom stereocenters. The van der Waals surface area contributed by atoms with Gasteiger partial charge in [-0.3, -0.25) is 38.4 Å². The minimum Gasteiger partial charge on any atom is -0.357 e. The highest BCUT2D eigenvalue weighted by Crippen LogP contribution is 2.27. The average Bonchev–Trinajstić information content (AvgIpc) is 3.82. The van der Waals surface area contributed by atoms with Crippen molar-refractivity contribution in [3.05, 3.63) is 60.3 Å². The number of rotatable bonds is 11. The van der Waals surface area contributed by atoms with E-state index in [0.717, 1.165) is 9.80 Å². The molecule has 0 aromatic carbocycles. The lowest BCUT2D eigenvalue weighted by Crippen LogP contribution is -2.55. The van der Waals surface area contributed by atoms with Gasteiger partial charge in [0.1, 0.15) is 31.5 Å². The number of likely N-dealkylation sites (tertiary alicyclic amines) is 2. The highest BCUT2D eigenvalue weighted by Gasteiger charge is 2.49. The Hall–Kier alpha value is -5.54. The molecular formula is C33H36F2N8O6. The van der Waals surface area contributed by atoms with Gasteiger partial charge in [-0.1, -0.05) is 19.2 Å². The maximum absolute atomic E-state index is 15.7. The average molecular weight is 679 g/mol. The second kappa shape index (κ2) is 13.9. The van der Waals surface area contributed by atoms with Crippen LogP contribution < -0.4 is 10.6 Å². The molecule has 0 aliphatic carbocycles. The predicted molar refractivity (Wildman–Crippen MR) is 174 cm³/mol. The van der Waals surface area contributed by atoms with Crippen LogP contribution in [0.25, 0.3) is 23.1 Å². The van der Waals surface area contributed by atoms with E-state index in [9.17, 15) is 33.2 Å². The Labute approximate surface area is 279 Å². The topological polar surface area (TPSA) is 169 Å². The van der Waals surface area contributed by atoms with Crippen LogP contribution >= 0.6 is 0 Å². The molecule has 258 valence electrons. The molecule has 0 bridgehead atoms.